The summed E-state index contributed by atoms with van der Waals surface area (Å²) in [7, 11) is 0.982. The standard InChI is InChI=1S/C7H5BF4.C4H11NO3/c1-2-4(9)6(11)3(8)7(12)5(2)10;5-4(1-6,2-7)3-8/h8H2,1H3;6-8H,1-3,5H2. The molecule has 0 aliphatic rings. The van der Waals surface area contributed by atoms with Gasteiger partial charge < -0.3 is 21.1 Å². The van der Waals surface area contributed by atoms with Gasteiger partial charge in [-0.1, -0.05) is 0 Å². The summed E-state index contributed by atoms with van der Waals surface area (Å²) in [5, 5.41) is 25.0. The normalized spacial score (nSPS) is 11.1. The van der Waals surface area contributed by atoms with Gasteiger partial charge in [-0.2, -0.15) is 0 Å². The van der Waals surface area contributed by atoms with E-state index in [1.807, 2.05) is 0 Å². The molecule has 9 heteroatoms. The maximum absolute atomic E-state index is 12.7. The van der Waals surface area contributed by atoms with E-state index in [-0.39, 0.29) is 0 Å². The van der Waals surface area contributed by atoms with Gasteiger partial charge in [0.05, 0.1) is 25.4 Å². The van der Waals surface area contributed by atoms with Crippen molar-refractivity contribution in [2.24, 2.45) is 5.73 Å². The number of rotatable bonds is 3. The molecule has 0 saturated heterocycles. The molecule has 0 amide bonds. The van der Waals surface area contributed by atoms with Gasteiger partial charge in [0.1, 0.15) is 7.85 Å². The van der Waals surface area contributed by atoms with Gasteiger partial charge in [-0.05, 0) is 12.4 Å². The number of nitrogens with two attached hydrogens (primary N) is 1. The molecule has 0 aliphatic heterocycles. The van der Waals surface area contributed by atoms with Crippen LogP contribution in [0.1, 0.15) is 5.56 Å². The molecule has 1 aromatic rings. The van der Waals surface area contributed by atoms with Crippen LogP contribution in [0.5, 0.6) is 0 Å². The molecule has 4 nitrogen and oxygen atoms in total. The largest absolute Gasteiger partial charge is 0.394 e. The van der Waals surface area contributed by atoms with E-state index in [9.17, 15) is 17.6 Å². The molecule has 0 radical (unpaired) electrons. The third kappa shape index (κ3) is 4.17. The van der Waals surface area contributed by atoms with Gasteiger partial charge in [0.25, 0.3) is 0 Å². The Bertz CT molecular complexity index is 356. The highest BCUT2D eigenvalue weighted by Crippen LogP contribution is 2.15. The average molecular weight is 297 g/mol. The van der Waals surface area contributed by atoms with E-state index in [2.05, 4.69) is 0 Å². The van der Waals surface area contributed by atoms with E-state index in [4.69, 9.17) is 21.1 Å². The van der Waals surface area contributed by atoms with Crippen molar-refractivity contribution >= 4 is 13.3 Å². The van der Waals surface area contributed by atoms with Crippen LogP contribution >= 0.6 is 0 Å². The van der Waals surface area contributed by atoms with E-state index in [0.29, 0.717) is 0 Å². The summed E-state index contributed by atoms with van der Waals surface area (Å²) in [4.78, 5) is 0. The molecule has 0 unspecified atom stereocenters. The molecule has 5 N–H and O–H groups in total. The van der Waals surface area contributed by atoms with Gasteiger partial charge in [0.2, 0.25) is 0 Å². The zero-order valence-electron chi connectivity index (χ0n) is 11.1. The molecule has 1 aromatic carbocycles. The lowest BCUT2D eigenvalue weighted by atomic mass is 9.93. The minimum atomic E-state index is -1.33. The first kappa shape index (κ1) is 18.8. The second-order valence-electron chi connectivity index (χ2n) is 4.34. The van der Waals surface area contributed by atoms with Crippen LogP contribution in [0.4, 0.5) is 17.6 Å². The summed E-state index contributed by atoms with van der Waals surface area (Å²) in [6.45, 7) is -0.226. The van der Waals surface area contributed by atoms with Gasteiger partial charge in [-0.15, -0.1) is 0 Å². The SMILES string of the molecule is Bc1c(F)c(F)c(C)c(F)c1F.NC(CO)(CO)CO. The van der Waals surface area contributed by atoms with Crippen molar-refractivity contribution in [3.63, 3.8) is 0 Å². The molecule has 0 saturated carbocycles. The Morgan fingerprint density at radius 2 is 1.20 bits per heavy atom. The van der Waals surface area contributed by atoms with Crippen molar-refractivity contribution in [2.45, 2.75) is 12.5 Å². The first-order valence-electron chi connectivity index (χ1n) is 5.55. The van der Waals surface area contributed by atoms with Crippen molar-refractivity contribution in [2.75, 3.05) is 19.8 Å². The van der Waals surface area contributed by atoms with E-state index >= 15 is 0 Å². The molecule has 0 bridgehead atoms. The van der Waals surface area contributed by atoms with E-state index in [1.54, 1.807) is 0 Å². The van der Waals surface area contributed by atoms with Crippen LogP contribution in [0.25, 0.3) is 0 Å². The molecule has 1 rings (SSSR count). The number of aliphatic hydroxyl groups is 3. The maximum atomic E-state index is 12.7. The number of hydrogen-bond donors (Lipinski definition) is 4. The van der Waals surface area contributed by atoms with Gasteiger partial charge in [-0.3, -0.25) is 0 Å². The zero-order valence-corrected chi connectivity index (χ0v) is 11.1. The van der Waals surface area contributed by atoms with E-state index in [1.165, 1.54) is 0 Å². The second kappa shape index (κ2) is 7.58. The molecule has 0 aliphatic carbocycles. The Hall–Kier alpha value is -1.16. The molecule has 0 heterocycles. The monoisotopic (exact) mass is 297 g/mol. The van der Waals surface area contributed by atoms with E-state index < -0.39 is 59.7 Å². The third-order valence-electron chi connectivity index (χ3n) is 2.65. The van der Waals surface area contributed by atoms with Crippen molar-refractivity contribution in [3.05, 3.63) is 28.8 Å². The van der Waals surface area contributed by atoms with Crippen molar-refractivity contribution in [1.82, 2.24) is 0 Å². The second-order valence-corrected chi connectivity index (χ2v) is 4.34. The first-order chi connectivity index (χ1) is 9.15. The number of halogens is 4. The number of benzene rings is 1. The van der Waals surface area contributed by atoms with Crippen LogP contribution in [-0.4, -0.2) is 48.5 Å². The Balaban J connectivity index is 0.000000396. The smallest absolute Gasteiger partial charge is 0.164 e. The molecule has 0 fully saturated rings. The molecular formula is C11H16BF4NO3. The predicted octanol–water partition coefficient (Wildman–Crippen LogP) is -1.53. The van der Waals surface area contributed by atoms with Gasteiger partial charge in [0, 0.05) is 5.56 Å². The first-order valence-corrected chi connectivity index (χ1v) is 5.55. The number of aliphatic hydroxyl groups excluding tert-OH is 3. The maximum Gasteiger partial charge on any atom is 0.164 e. The summed E-state index contributed by atoms with van der Waals surface area (Å²) in [5.41, 5.74) is 2.68. The Kier molecular flexibility index (Phi) is 7.14. The lowest BCUT2D eigenvalue weighted by Gasteiger charge is -2.20. The van der Waals surface area contributed by atoms with Crippen LogP contribution < -0.4 is 11.2 Å². The molecule has 0 atom stereocenters. The Morgan fingerprint density at radius 3 is 1.40 bits per heavy atom. The third-order valence-corrected chi connectivity index (χ3v) is 2.65. The Labute approximate surface area is 114 Å². The fraction of sp³-hybridized carbons (Fsp3) is 0.455. The lowest BCUT2D eigenvalue weighted by molar-refractivity contribution is 0.0698. The van der Waals surface area contributed by atoms with Gasteiger partial charge >= 0.3 is 0 Å². The van der Waals surface area contributed by atoms with Crippen LogP contribution in [-0.2, 0) is 0 Å². The van der Waals surface area contributed by atoms with Crippen LogP contribution in [0.15, 0.2) is 0 Å². The van der Waals surface area contributed by atoms with E-state index in [0.717, 1.165) is 14.8 Å². The topological polar surface area (TPSA) is 86.7 Å². The molecular weight excluding hydrogens is 281 g/mol. The predicted molar refractivity (Wildman–Crippen MR) is 67.4 cm³/mol. The van der Waals surface area contributed by atoms with Crippen LogP contribution in [0, 0.1) is 30.2 Å². The highest BCUT2D eigenvalue weighted by Gasteiger charge is 2.21. The lowest BCUT2D eigenvalue weighted by Crippen LogP contribution is -2.50. The fourth-order valence-electron chi connectivity index (χ4n) is 1.00. The highest BCUT2D eigenvalue weighted by atomic mass is 19.2. The van der Waals surface area contributed by atoms with Gasteiger partial charge in [-0.25, -0.2) is 17.6 Å². The highest BCUT2D eigenvalue weighted by molar-refractivity contribution is 6.32. The molecule has 0 spiro atoms. The minimum absolute atomic E-state index is 0.403. The summed E-state index contributed by atoms with van der Waals surface area (Å²) >= 11 is 0. The summed E-state index contributed by atoms with van der Waals surface area (Å²) in [5.74, 6) is -5.31. The van der Waals surface area contributed by atoms with Crippen molar-refractivity contribution in [3.8, 4) is 0 Å². The zero-order chi connectivity index (χ0) is 16.1. The van der Waals surface area contributed by atoms with Gasteiger partial charge in [0.15, 0.2) is 23.3 Å². The average Bonchev–Trinajstić information content (AvgIpc) is 2.48. The molecule has 114 valence electrons. The number of hydrogen-bond acceptors (Lipinski definition) is 4. The summed E-state index contributed by atoms with van der Waals surface area (Å²) in [6.07, 6.45) is 0. The van der Waals surface area contributed by atoms with Crippen molar-refractivity contribution in [1.29, 1.82) is 0 Å². The summed E-state index contributed by atoms with van der Waals surface area (Å²) < 4.78 is 50.6. The van der Waals surface area contributed by atoms with Crippen molar-refractivity contribution < 1.29 is 32.9 Å². The van der Waals surface area contributed by atoms with Crippen LogP contribution in [0.3, 0.4) is 0 Å². The molecule has 20 heavy (non-hydrogen) atoms. The Morgan fingerprint density at radius 1 is 0.900 bits per heavy atom. The van der Waals surface area contributed by atoms with Crippen LogP contribution in [0.2, 0.25) is 0 Å². The fourth-order valence-corrected chi connectivity index (χ4v) is 1.00. The quantitative estimate of drug-likeness (QED) is 0.310. The summed E-state index contributed by atoms with van der Waals surface area (Å²) in [6, 6.07) is 0. The minimum Gasteiger partial charge on any atom is -0.394 e. The molecule has 0 aromatic heterocycles.